The monoisotopic (exact) mass is 256 g/mol. The zero-order valence-electron chi connectivity index (χ0n) is 9.71. The van der Waals surface area contributed by atoms with Crippen molar-refractivity contribution in [3.05, 3.63) is 10.4 Å². The Kier molecular flexibility index (Phi) is 6.10. The zero-order valence-corrected chi connectivity index (χ0v) is 10.5. The van der Waals surface area contributed by atoms with Crippen molar-refractivity contribution in [1.29, 1.82) is 5.26 Å². The van der Waals surface area contributed by atoms with Gasteiger partial charge in [0.2, 0.25) is 5.12 Å². The summed E-state index contributed by atoms with van der Waals surface area (Å²) in [7, 11) is 1.14. The zero-order chi connectivity index (χ0) is 13.5. The van der Waals surface area contributed by atoms with Gasteiger partial charge in [-0.3, -0.25) is 9.59 Å². The summed E-state index contributed by atoms with van der Waals surface area (Å²) in [5.74, 6) is -0.766. The van der Waals surface area contributed by atoms with Crippen LogP contribution < -0.4 is 0 Å². The molecule has 0 aliphatic rings. The topological polar surface area (TPSA) is 116 Å². The maximum Gasteiger partial charge on any atom is 0.314 e. The van der Waals surface area contributed by atoms with Gasteiger partial charge in [-0.1, -0.05) is 16.9 Å². The van der Waals surface area contributed by atoms with Gasteiger partial charge in [-0.15, -0.1) is 0 Å². The first-order valence-electron chi connectivity index (χ1n) is 4.57. The molecule has 0 fully saturated rings. The van der Waals surface area contributed by atoms with Crippen molar-refractivity contribution >= 4 is 22.8 Å². The standard InChI is InChI=1S/C9H12N4O3S/c1-9(5-10,8(15)17-3)4-6(12-13-11)7(14)16-2/h6H,4H2,1-3H3/t6-,9-/m0/s1. The van der Waals surface area contributed by atoms with Crippen LogP contribution in [0.25, 0.3) is 10.4 Å². The Labute approximate surface area is 103 Å². The molecule has 0 saturated carbocycles. The van der Waals surface area contributed by atoms with E-state index in [1.807, 2.05) is 6.07 Å². The number of carbonyl (C=O) groups excluding carboxylic acids is 2. The molecule has 0 aliphatic carbocycles. The highest BCUT2D eigenvalue weighted by Crippen LogP contribution is 2.29. The molecule has 7 nitrogen and oxygen atoms in total. The van der Waals surface area contributed by atoms with Gasteiger partial charge >= 0.3 is 5.97 Å². The molecule has 0 saturated heterocycles. The molecular weight excluding hydrogens is 244 g/mol. The lowest BCUT2D eigenvalue weighted by molar-refractivity contribution is -0.142. The molecular formula is C9H12N4O3S. The Morgan fingerprint density at radius 2 is 2.29 bits per heavy atom. The molecule has 0 radical (unpaired) electrons. The fourth-order valence-corrected chi connectivity index (χ4v) is 1.74. The predicted octanol–water partition coefficient (Wildman–Crippen LogP) is 1.65. The average molecular weight is 256 g/mol. The smallest absolute Gasteiger partial charge is 0.314 e. The second-order valence-electron chi connectivity index (χ2n) is 3.38. The van der Waals surface area contributed by atoms with E-state index >= 15 is 0 Å². The molecule has 8 heteroatoms. The summed E-state index contributed by atoms with van der Waals surface area (Å²) < 4.78 is 4.44. The largest absolute Gasteiger partial charge is 0.469 e. The normalized spacial score (nSPS) is 14.7. The Bertz CT molecular complexity index is 400. The van der Waals surface area contributed by atoms with E-state index in [9.17, 15) is 9.59 Å². The van der Waals surface area contributed by atoms with Crippen molar-refractivity contribution < 1.29 is 14.3 Å². The number of nitrogens with zero attached hydrogens (tertiary/aromatic N) is 4. The van der Waals surface area contributed by atoms with Crippen LogP contribution >= 0.6 is 11.8 Å². The quantitative estimate of drug-likeness (QED) is 0.321. The molecule has 0 aliphatic heterocycles. The molecule has 0 aromatic carbocycles. The van der Waals surface area contributed by atoms with Crippen LogP contribution in [0.5, 0.6) is 0 Å². The lowest BCUT2D eigenvalue weighted by atomic mass is 9.86. The van der Waals surface area contributed by atoms with E-state index in [1.54, 1.807) is 6.26 Å². The SMILES string of the molecule is COC(=O)[C@H](C[C@@](C)(C#N)C(=O)SC)N=[N+]=[N-]. The number of nitriles is 1. The second-order valence-corrected chi connectivity index (χ2v) is 4.16. The van der Waals surface area contributed by atoms with Crippen LogP contribution in [0.15, 0.2) is 5.11 Å². The average Bonchev–Trinajstić information content (AvgIpc) is 2.35. The Morgan fingerprint density at radius 3 is 2.65 bits per heavy atom. The lowest BCUT2D eigenvalue weighted by Gasteiger charge is -2.21. The number of rotatable bonds is 5. The summed E-state index contributed by atoms with van der Waals surface area (Å²) in [4.78, 5) is 25.4. The van der Waals surface area contributed by atoms with Gasteiger partial charge in [-0.25, -0.2) is 0 Å². The number of hydrogen-bond acceptors (Lipinski definition) is 6. The van der Waals surface area contributed by atoms with E-state index < -0.39 is 17.4 Å². The number of hydrogen-bond donors (Lipinski definition) is 0. The minimum absolute atomic E-state index is 0.195. The van der Waals surface area contributed by atoms with Gasteiger partial charge in [0.1, 0.15) is 11.5 Å². The molecule has 0 aromatic rings. The van der Waals surface area contributed by atoms with E-state index in [0.717, 1.165) is 18.9 Å². The van der Waals surface area contributed by atoms with E-state index in [1.165, 1.54) is 6.92 Å². The molecule has 0 rings (SSSR count). The first kappa shape index (κ1) is 15.3. The van der Waals surface area contributed by atoms with Gasteiger partial charge < -0.3 is 4.74 Å². The van der Waals surface area contributed by atoms with Crippen LogP contribution in [-0.4, -0.2) is 30.5 Å². The fourth-order valence-electron chi connectivity index (χ4n) is 1.16. The number of ether oxygens (including phenoxy) is 1. The second kappa shape index (κ2) is 6.78. The Morgan fingerprint density at radius 1 is 1.71 bits per heavy atom. The van der Waals surface area contributed by atoms with E-state index in [-0.39, 0.29) is 11.5 Å². The molecule has 0 spiro atoms. The molecule has 92 valence electrons. The van der Waals surface area contributed by atoms with E-state index in [2.05, 4.69) is 14.8 Å². The number of esters is 1. The number of methoxy groups -OCH3 is 1. The summed E-state index contributed by atoms with van der Waals surface area (Å²) >= 11 is 0.887. The third-order valence-corrected chi connectivity index (χ3v) is 2.97. The maximum absolute atomic E-state index is 11.6. The van der Waals surface area contributed by atoms with Crippen molar-refractivity contribution in [2.45, 2.75) is 19.4 Å². The van der Waals surface area contributed by atoms with Gasteiger partial charge in [0.25, 0.3) is 0 Å². The molecule has 0 N–H and O–H groups in total. The Balaban J connectivity index is 5.09. The van der Waals surface area contributed by atoms with Crippen molar-refractivity contribution in [3.8, 4) is 6.07 Å². The fraction of sp³-hybridized carbons (Fsp3) is 0.667. The van der Waals surface area contributed by atoms with Gasteiger partial charge in [0.05, 0.1) is 13.2 Å². The predicted molar refractivity (Wildman–Crippen MR) is 61.8 cm³/mol. The van der Waals surface area contributed by atoms with Crippen LogP contribution in [0, 0.1) is 16.7 Å². The molecule has 0 unspecified atom stereocenters. The van der Waals surface area contributed by atoms with Gasteiger partial charge in [-0.05, 0) is 25.1 Å². The molecule has 0 amide bonds. The molecule has 0 aromatic heterocycles. The highest BCUT2D eigenvalue weighted by atomic mass is 32.2. The minimum Gasteiger partial charge on any atom is -0.469 e. The summed E-state index contributed by atoms with van der Waals surface area (Å²) in [5, 5.41) is 11.8. The van der Waals surface area contributed by atoms with Crippen LogP contribution in [0.2, 0.25) is 0 Å². The van der Waals surface area contributed by atoms with Gasteiger partial charge in [0.15, 0.2) is 0 Å². The first-order valence-corrected chi connectivity index (χ1v) is 5.79. The minimum atomic E-state index is -1.38. The molecule has 17 heavy (non-hydrogen) atoms. The van der Waals surface area contributed by atoms with Crippen molar-refractivity contribution in [2.24, 2.45) is 10.5 Å². The number of carbonyl (C=O) groups is 2. The van der Waals surface area contributed by atoms with Crippen molar-refractivity contribution in [2.75, 3.05) is 13.4 Å². The van der Waals surface area contributed by atoms with Crippen molar-refractivity contribution in [1.82, 2.24) is 0 Å². The highest BCUT2D eigenvalue weighted by molar-refractivity contribution is 8.13. The first-order chi connectivity index (χ1) is 7.95. The summed E-state index contributed by atoms with van der Waals surface area (Å²) in [6.07, 6.45) is 1.35. The summed E-state index contributed by atoms with van der Waals surface area (Å²) in [6.45, 7) is 1.40. The van der Waals surface area contributed by atoms with Crippen molar-refractivity contribution in [3.63, 3.8) is 0 Å². The van der Waals surface area contributed by atoms with Gasteiger partial charge in [-0.2, -0.15) is 5.26 Å². The summed E-state index contributed by atoms with van der Waals surface area (Å²) in [5.41, 5.74) is 6.94. The molecule has 0 heterocycles. The Hall–Kier alpha value is -1.71. The van der Waals surface area contributed by atoms with Crippen LogP contribution in [0.4, 0.5) is 0 Å². The van der Waals surface area contributed by atoms with Gasteiger partial charge in [0, 0.05) is 4.91 Å². The maximum atomic E-state index is 11.6. The number of azide groups is 1. The van der Waals surface area contributed by atoms with Crippen LogP contribution in [-0.2, 0) is 14.3 Å². The van der Waals surface area contributed by atoms with Crippen LogP contribution in [0.3, 0.4) is 0 Å². The molecule has 2 atom stereocenters. The third kappa shape index (κ3) is 3.98. The molecule has 0 bridgehead atoms. The summed E-state index contributed by atoms with van der Waals surface area (Å²) in [6, 6.07) is 0.660. The number of thioether (sulfide) groups is 1. The third-order valence-electron chi connectivity index (χ3n) is 2.15. The van der Waals surface area contributed by atoms with E-state index in [4.69, 9.17) is 10.8 Å². The lowest BCUT2D eigenvalue weighted by Crippen LogP contribution is -2.32. The van der Waals surface area contributed by atoms with E-state index in [0.29, 0.717) is 0 Å². The van der Waals surface area contributed by atoms with Crippen LogP contribution in [0.1, 0.15) is 13.3 Å². The highest BCUT2D eigenvalue weighted by Gasteiger charge is 2.37.